The minimum Gasteiger partial charge on any atom is -0.469 e. The lowest BCUT2D eigenvalue weighted by Gasteiger charge is -2.52. The molecule has 1 aliphatic carbocycles. The van der Waals surface area contributed by atoms with E-state index in [9.17, 15) is 4.79 Å². The van der Waals surface area contributed by atoms with E-state index in [-0.39, 0.29) is 11.9 Å². The smallest absolute Gasteiger partial charge is 0.305 e. The van der Waals surface area contributed by atoms with Gasteiger partial charge in [-0.1, -0.05) is 19.0 Å². The summed E-state index contributed by atoms with van der Waals surface area (Å²) in [5, 5.41) is 4.14. The molecule has 0 radical (unpaired) electrons. The van der Waals surface area contributed by atoms with Crippen LogP contribution in [0.5, 0.6) is 0 Å². The van der Waals surface area contributed by atoms with Crippen molar-refractivity contribution < 1.29 is 14.1 Å². The number of carbonyl (C=O) groups is 1. The number of anilines is 1. The molecule has 2 fully saturated rings. The lowest BCUT2D eigenvalue weighted by molar-refractivity contribution is -0.144. The van der Waals surface area contributed by atoms with Gasteiger partial charge in [0.1, 0.15) is 17.4 Å². The molecule has 0 aromatic carbocycles. The zero-order valence-corrected chi connectivity index (χ0v) is 19.6. The number of aryl methyl sites for hydroxylation is 2. The van der Waals surface area contributed by atoms with Crippen molar-refractivity contribution in [3.63, 3.8) is 0 Å². The largest absolute Gasteiger partial charge is 0.469 e. The van der Waals surface area contributed by atoms with Crippen LogP contribution in [0.4, 0.5) is 5.82 Å². The fourth-order valence-electron chi connectivity index (χ4n) is 5.38. The van der Waals surface area contributed by atoms with Crippen LogP contribution in [0.25, 0.3) is 11.3 Å². The summed E-state index contributed by atoms with van der Waals surface area (Å²) in [6, 6.07) is 0. The highest BCUT2D eigenvalue weighted by atomic mass is 16.5. The maximum absolute atomic E-state index is 11.6. The molecule has 4 rings (SSSR count). The van der Waals surface area contributed by atoms with Crippen LogP contribution in [0.2, 0.25) is 0 Å². The Balaban J connectivity index is 1.55. The van der Waals surface area contributed by atoms with E-state index >= 15 is 0 Å². The van der Waals surface area contributed by atoms with Gasteiger partial charge in [0.2, 0.25) is 0 Å². The van der Waals surface area contributed by atoms with Crippen LogP contribution in [0, 0.1) is 32.1 Å². The monoisotopic (exact) mass is 426 g/mol. The first kappa shape index (κ1) is 21.8. The van der Waals surface area contributed by atoms with Gasteiger partial charge in [-0.05, 0) is 57.8 Å². The van der Waals surface area contributed by atoms with Crippen LogP contribution in [0.15, 0.2) is 4.52 Å². The summed E-state index contributed by atoms with van der Waals surface area (Å²) in [7, 11) is 1.47. The molecule has 0 unspecified atom stereocenters. The van der Waals surface area contributed by atoms with E-state index < -0.39 is 0 Å². The maximum atomic E-state index is 11.6. The second kappa shape index (κ2) is 8.24. The zero-order chi connectivity index (χ0) is 22.3. The van der Waals surface area contributed by atoms with Gasteiger partial charge in [-0.15, -0.1) is 0 Å². The molecule has 7 heteroatoms. The molecule has 1 aliphatic heterocycles. The Bertz CT molecular complexity index is 946. The third kappa shape index (κ3) is 4.06. The maximum Gasteiger partial charge on any atom is 0.305 e. The van der Waals surface area contributed by atoms with E-state index in [0.717, 1.165) is 78.7 Å². The highest BCUT2D eigenvalue weighted by molar-refractivity contribution is 5.72. The van der Waals surface area contributed by atoms with Crippen LogP contribution in [-0.2, 0) is 9.53 Å². The summed E-state index contributed by atoms with van der Waals surface area (Å²) in [6.07, 6.45) is 5.13. The van der Waals surface area contributed by atoms with E-state index in [1.807, 2.05) is 13.8 Å². The number of rotatable bonds is 5. The van der Waals surface area contributed by atoms with Crippen molar-refractivity contribution in [1.82, 2.24) is 15.1 Å². The van der Waals surface area contributed by atoms with Crippen molar-refractivity contribution in [1.29, 1.82) is 0 Å². The van der Waals surface area contributed by atoms with Gasteiger partial charge in [-0.25, -0.2) is 9.97 Å². The normalized spacial score (nSPS) is 18.5. The lowest BCUT2D eigenvalue weighted by atomic mass is 9.57. The van der Waals surface area contributed by atoms with Gasteiger partial charge in [-0.3, -0.25) is 4.79 Å². The molecule has 168 valence electrons. The predicted molar refractivity (Wildman–Crippen MR) is 119 cm³/mol. The summed E-state index contributed by atoms with van der Waals surface area (Å²) in [5.74, 6) is 3.33. The second-order valence-electron chi connectivity index (χ2n) is 9.77. The highest BCUT2D eigenvalue weighted by Gasteiger charge is 2.46. The van der Waals surface area contributed by atoms with Crippen molar-refractivity contribution in [2.75, 3.05) is 25.1 Å². The third-order valence-electron chi connectivity index (χ3n) is 7.17. The van der Waals surface area contributed by atoms with Gasteiger partial charge in [0.15, 0.2) is 0 Å². The topological polar surface area (TPSA) is 81.4 Å². The van der Waals surface area contributed by atoms with E-state index in [4.69, 9.17) is 19.2 Å². The van der Waals surface area contributed by atoms with Gasteiger partial charge >= 0.3 is 5.97 Å². The van der Waals surface area contributed by atoms with E-state index in [0.29, 0.717) is 17.8 Å². The first-order valence-corrected chi connectivity index (χ1v) is 11.4. The molecule has 3 heterocycles. The van der Waals surface area contributed by atoms with Gasteiger partial charge in [0.05, 0.1) is 24.1 Å². The zero-order valence-electron chi connectivity index (χ0n) is 19.6. The summed E-state index contributed by atoms with van der Waals surface area (Å²) in [5.41, 5.74) is 4.27. The van der Waals surface area contributed by atoms with Crippen molar-refractivity contribution >= 4 is 11.8 Å². The molecule has 0 bridgehead atoms. The average molecular weight is 427 g/mol. The Morgan fingerprint density at radius 1 is 1.19 bits per heavy atom. The molecule has 31 heavy (non-hydrogen) atoms. The number of carbonyl (C=O) groups excluding carboxylic acids is 1. The first-order valence-electron chi connectivity index (χ1n) is 11.4. The first-order chi connectivity index (χ1) is 14.7. The Morgan fingerprint density at radius 3 is 2.42 bits per heavy atom. The molecule has 0 N–H and O–H groups in total. The average Bonchev–Trinajstić information content (AvgIpc) is 3.05. The Hall–Kier alpha value is -2.44. The standard InChI is InChI=1S/C24H34N4O3/c1-14(2)22-25-21(20-16(4)27-31-17(20)5)15(3)23(26-22)28-9-7-24(8-10-28)12-18(13-24)11-19(29)30-6/h14,18H,7-13H2,1-6H3. The molecule has 1 saturated carbocycles. The van der Waals surface area contributed by atoms with Gasteiger partial charge in [0, 0.05) is 31.0 Å². The van der Waals surface area contributed by atoms with Crippen LogP contribution in [0.3, 0.4) is 0 Å². The van der Waals surface area contributed by atoms with Gasteiger partial charge in [0.25, 0.3) is 0 Å². The molecule has 0 amide bonds. The molecule has 2 aliphatic rings. The lowest BCUT2D eigenvalue weighted by Crippen LogP contribution is -2.48. The quantitative estimate of drug-likeness (QED) is 0.639. The number of nitrogens with zero attached hydrogens (tertiary/aromatic N) is 4. The minimum absolute atomic E-state index is 0.0815. The third-order valence-corrected chi connectivity index (χ3v) is 7.17. The molecular formula is C24H34N4O3. The molecule has 2 aromatic heterocycles. The van der Waals surface area contributed by atoms with Gasteiger partial charge < -0.3 is 14.2 Å². The molecule has 1 saturated heterocycles. The number of hydrogen-bond donors (Lipinski definition) is 0. The fourth-order valence-corrected chi connectivity index (χ4v) is 5.38. The van der Waals surface area contributed by atoms with Crippen LogP contribution in [-0.4, -0.2) is 41.3 Å². The Morgan fingerprint density at radius 2 is 1.87 bits per heavy atom. The van der Waals surface area contributed by atoms with Crippen molar-refractivity contribution in [3.8, 4) is 11.3 Å². The number of aromatic nitrogens is 3. The second-order valence-corrected chi connectivity index (χ2v) is 9.77. The number of methoxy groups -OCH3 is 1. The van der Waals surface area contributed by atoms with Crippen molar-refractivity contribution in [3.05, 3.63) is 22.8 Å². The Kier molecular flexibility index (Phi) is 5.79. The van der Waals surface area contributed by atoms with E-state index in [2.05, 4.69) is 30.8 Å². The number of piperidine rings is 1. The molecule has 0 atom stereocenters. The summed E-state index contributed by atoms with van der Waals surface area (Å²) < 4.78 is 10.3. The van der Waals surface area contributed by atoms with Crippen molar-refractivity contribution in [2.24, 2.45) is 11.3 Å². The number of hydrogen-bond acceptors (Lipinski definition) is 7. The SMILES string of the molecule is COC(=O)CC1CC2(CCN(c3nc(C(C)C)nc(-c4c(C)noc4C)c3C)CC2)C1. The minimum atomic E-state index is -0.0815. The van der Waals surface area contributed by atoms with Crippen LogP contribution < -0.4 is 4.90 Å². The highest BCUT2D eigenvalue weighted by Crippen LogP contribution is 2.54. The molecular weight excluding hydrogens is 392 g/mol. The summed E-state index contributed by atoms with van der Waals surface area (Å²) in [4.78, 5) is 23.9. The molecule has 7 nitrogen and oxygen atoms in total. The molecule has 2 aromatic rings. The van der Waals surface area contributed by atoms with E-state index in [1.165, 1.54) is 7.11 Å². The van der Waals surface area contributed by atoms with Crippen molar-refractivity contribution in [2.45, 2.75) is 72.6 Å². The number of ether oxygens (including phenoxy) is 1. The summed E-state index contributed by atoms with van der Waals surface area (Å²) in [6.45, 7) is 12.3. The fraction of sp³-hybridized carbons (Fsp3) is 0.667. The Labute approximate surface area is 184 Å². The van der Waals surface area contributed by atoms with E-state index in [1.54, 1.807) is 0 Å². The number of esters is 1. The predicted octanol–water partition coefficient (Wildman–Crippen LogP) is 4.74. The van der Waals surface area contributed by atoms with Crippen LogP contribution >= 0.6 is 0 Å². The molecule has 1 spiro atoms. The summed E-state index contributed by atoms with van der Waals surface area (Å²) >= 11 is 0. The van der Waals surface area contributed by atoms with Crippen LogP contribution in [0.1, 0.15) is 74.7 Å². The van der Waals surface area contributed by atoms with Gasteiger partial charge in [-0.2, -0.15) is 0 Å².